The maximum absolute atomic E-state index is 6.56. The molecule has 1 aromatic carbocycles. The Bertz CT molecular complexity index is 417. The first-order valence-corrected chi connectivity index (χ1v) is 8.35. The Balaban J connectivity index is 1.72. The summed E-state index contributed by atoms with van der Waals surface area (Å²) in [6, 6.07) is 8.93. The van der Waals surface area contributed by atoms with Crippen molar-refractivity contribution in [1.29, 1.82) is 0 Å². The van der Waals surface area contributed by atoms with Crippen molar-refractivity contribution in [3.05, 3.63) is 35.4 Å². The van der Waals surface area contributed by atoms with Gasteiger partial charge < -0.3 is 10.5 Å². The van der Waals surface area contributed by atoms with Gasteiger partial charge in [0.2, 0.25) is 0 Å². The van der Waals surface area contributed by atoms with Gasteiger partial charge in [0, 0.05) is 29.8 Å². The second kappa shape index (κ2) is 6.29. The van der Waals surface area contributed by atoms with Crippen LogP contribution < -0.4 is 5.73 Å². The fourth-order valence-corrected chi connectivity index (χ4v) is 4.75. The van der Waals surface area contributed by atoms with Crippen molar-refractivity contribution >= 4 is 11.8 Å². The molecule has 1 aromatic rings. The quantitative estimate of drug-likeness (QED) is 0.842. The third-order valence-electron chi connectivity index (χ3n) is 4.29. The van der Waals surface area contributed by atoms with Gasteiger partial charge in [-0.1, -0.05) is 24.3 Å². The number of hydrogen-bond donors (Lipinski definition) is 1. The van der Waals surface area contributed by atoms with E-state index in [-0.39, 0.29) is 6.04 Å². The summed E-state index contributed by atoms with van der Waals surface area (Å²) in [4.78, 5) is 0. The van der Waals surface area contributed by atoms with Gasteiger partial charge in [0.05, 0.1) is 0 Å². The van der Waals surface area contributed by atoms with Crippen LogP contribution >= 0.6 is 11.8 Å². The lowest BCUT2D eigenvalue weighted by molar-refractivity contribution is 0.0999. The Morgan fingerprint density at radius 3 is 2.74 bits per heavy atom. The zero-order chi connectivity index (χ0) is 13.1. The monoisotopic (exact) mass is 277 g/mol. The van der Waals surface area contributed by atoms with Crippen LogP contribution in [-0.4, -0.2) is 23.7 Å². The molecule has 3 heteroatoms. The van der Waals surface area contributed by atoms with Crippen molar-refractivity contribution in [1.82, 2.24) is 0 Å². The number of nitrogens with two attached hydrogens (primary N) is 1. The Morgan fingerprint density at radius 1 is 1.11 bits per heavy atom. The zero-order valence-corrected chi connectivity index (χ0v) is 12.2. The zero-order valence-electron chi connectivity index (χ0n) is 11.4. The molecular formula is C16H23NOS. The standard InChI is InChI=1S/C16H23NOS/c17-16-14-6-2-1-4-12(14)5-3-7-15(16)19-13-8-10-18-11-9-13/h1-2,4,6,13,15-16H,3,5,7-11,17H2. The Morgan fingerprint density at radius 2 is 1.89 bits per heavy atom. The van der Waals surface area contributed by atoms with Gasteiger partial charge in [-0.2, -0.15) is 11.8 Å². The number of fused-ring (bicyclic) bond motifs is 1. The molecule has 0 spiro atoms. The summed E-state index contributed by atoms with van der Waals surface area (Å²) in [6.45, 7) is 1.85. The molecule has 1 fully saturated rings. The summed E-state index contributed by atoms with van der Waals surface area (Å²) in [7, 11) is 0. The summed E-state index contributed by atoms with van der Waals surface area (Å²) < 4.78 is 5.45. The van der Waals surface area contributed by atoms with Gasteiger partial charge in [-0.3, -0.25) is 0 Å². The van der Waals surface area contributed by atoms with Gasteiger partial charge in [-0.05, 0) is 43.2 Å². The van der Waals surface area contributed by atoms with Crippen molar-refractivity contribution in [3.8, 4) is 0 Å². The molecule has 2 N–H and O–H groups in total. The lowest BCUT2D eigenvalue weighted by atomic mass is 10.00. The summed E-state index contributed by atoms with van der Waals surface area (Å²) in [5, 5.41) is 1.32. The van der Waals surface area contributed by atoms with Crippen molar-refractivity contribution < 1.29 is 4.74 Å². The molecule has 0 radical (unpaired) electrons. The number of aryl methyl sites for hydroxylation is 1. The Hall–Kier alpha value is -0.510. The van der Waals surface area contributed by atoms with Crippen molar-refractivity contribution in [2.45, 2.75) is 48.6 Å². The van der Waals surface area contributed by atoms with Crippen LogP contribution in [0.3, 0.4) is 0 Å². The number of ether oxygens (including phenoxy) is 1. The first-order chi connectivity index (χ1) is 9.34. The predicted molar refractivity (Wildman–Crippen MR) is 81.5 cm³/mol. The average molecular weight is 277 g/mol. The third-order valence-corrected chi connectivity index (χ3v) is 6.02. The van der Waals surface area contributed by atoms with Gasteiger partial charge in [-0.25, -0.2) is 0 Å². The van der Waals surface area contributed by atoms with Crippen molar-refractivity contribution in [2.24, 2.45) is 5.73 Å². The molecule has 0 bridgehead atoms. The molecule has 1 aliphatic heterocycles. The van der Waals surface area contributed by atoms with E-state index in [0.717, 1.165) is 18.5 Å². The highest BCUT2D eigenvalue weighted by Gasteiger charge is 2.28. The van der Waals surface area contributed by atoms with E-state index in [1.165, 1.54) is 43.2 Å². The van der Waals surface area contributed by atoms with E-state index in [1.807, 2.05) is 0 Å². The molecule has 19 heavy (non-hydrogen) atoms. The van der Waals surface area contributed by atoms with Gasteiger partial charge in [0.1, 0.15) is 0 Å². The molecule has 1 aliphatic carbocycles. The van der Waals surface area contributed by atoms with E-state index >= 15 is 0 Å². The van der Waals surface area contributed by atoms with Crippen LogP contribution in [0.5, 0.6) is 0 Å². The summed E-state index contributed by atoms with van der Waals surface area (Å²) in [6.07, 6.45) is 6.09. The molecule has 2 atom stereocenters. The number of benzene rings is 1. The van der Waals surface area contributed by atoms with E-state index < -0.39 is 0 Å². The third kappa shape index (κ3) is 3.15. The average Bonchev–Trinajstić information content (AvgIpc) is 2.61. The van der Waals surface area contributed by atoms with E-state index in [1.54, 1.807) is 0 Å². The van der Waals surface area contributed by atoms with E-state index in [2.05, 4.69) is 36.0 Å². The van der Waals surface area contributed by atoms with Crippen LogP contribution in [0.2, 0.25) is 0 Å². The normalized spacial score (nSPS) is 28.7. The molecule has 1 saturated heterocycles. The molecule has 0 amide bonds. The highest BCUT2D eigenvalue weighted by molar-refractivity contribution is 8.00. The lowest BCUT2D eigenvalue weighted by Gasteiger charge is -2.29. The minimum absolute atomic E-state index is 0.201. The molecule has 0 saturated carbocycles. The lowest BCUT2D eigenvalue weighted by Crippen LogP contribution is -2.27. The van der Waals surface area contributed by atoms with Crippen LogP contribution in [0.1, 0.15) is 42.9 Å². The molecule has 2 nitrogen and oxygen atoms in total. The smallest absolute Gasteiger partial charge is 0.0476 e. The van der Waals surface area contributed by atoms with E-state index in [9.17, 15) is 0 Å². The largest absolute Gasteiger partial charge is 0.381 e. The molecule has 3 rings (SSSR count). The maximum atomic E-state index is 6.56. The number of thioether (sulfide) groups is 1. The van der Waals surface area contributed by atoms with Crippen molar-refractivity contribution in [2.75, 3.05) is 13.2 Å². The summed E-state index contributed by atoms with van der Waals surface area (Å²) >= 11 is 2.12. The number of hydrogen-bond acceptors (Lipinski definition) is 3. The molecule has 2 aliphatic rings. The Labute approximate surface area is 120 Å². The van der Waals surface area contributed by atoms with Crippen LogP contribution in [-0.2, 0) is 11.2 Å². The molecule has 2 unspecified atom stereocenters. The number of rotatable bonds is 2. The van der Waals surface area contributed by atoms with Gasteiger partial charge >= 0.3 is 0 Å². The van der Waals surface area contributed by atoms with Crippen molar-refractivity contribution in [3.63, 3.8) is 0 Å². The summed E-state index contributed by atoms with van der Waals surface area (Å²) in [5.74, 6) is 0. The topological polar surface area (TPSA) is 35.2 Å². The molecule has 1 heterocycles. The fraction of sp³-hybridized carbons (Fsp3) is 0.625. The van der Waals surface area contributed by atoms with Crippen LogP contribution in [0.15, 0.2) is 24.3 Å². The molecular weight excluding hydrogens is 254 g/mol. The van der Waals surface area contributed by atoms with Crippen LogP contribution in [0.4, 0.5) is 0 Å². The first-order valence-electron chi connectivity index (χ1n) is 7.41. The Kier molecular flexibility index (Phi) is 4.46. The minimum Gasteiger partial charge on any atom is -0.381 e. The van der Waals surface area contributed by atoms with Gasteiger partial charge in [-0.15, -0.1) is 0 Å². The van der Waals surface area contributed by atoms with E-state index in [0.29, 0.717) is 5.25 Å². The molecule has 0 aromatic heterocycles. The van der Waals surface area contributed by atoms with Crippen LogP contribution in [0.25, 0.3) is 0 Å². The summed E-state index contributed by atoms with van der Waals surface area (Å²) in [5.41, 5.74) is 9.40. The fourth-order valence-electron chi connectivity index (χ4n) is 3.17. The predicted octanol–water partition coefficient (Wildman–Crippen LogP) is 3.30. The molecule has 104 valence electrons. The van der Waals surface area contributed by atoms with Gasteiger partial charge in [0.25, 0.3) is 0 Å². The first kappa shape index (κ1) is 13.5. The highest BCUT2D eigenvalue weighted by atomic mass is 32.2. The maximum Gasteiger partial charge on any atom is 0.0476 e. The van der Waals surface area contributed by atoms with Crippen LogP contribution in [0, 0.1) is 0 Å². The van der Waals surface area contributed by atoms with Gasteiger partial charge in [0.15, 0.2) is 0 Å². The second-order valence-corrected chi connectivity index (χ2v) is 7.15. The van der Waals surface area contributed by atoms with E-state index in [4.69, 9.17) is 10.5 Å². The highest BCUT2D eigenvalue weighted by Crippen LogP contribution is 2.38. The SMILES string of the molecule is NC1c2ccccc2CCCC1SC1CCOCC1. The minimum atomic E-state index is 0.201. The second-order valence-electron chi connectivity index (χ2n) is 5.60.